The lowest BCUT2D eigenvalue weighted by atomic mass is 10.1. The van der Waals surface area contributed by atoms with E-state index in [1.165, 1.54) is 22.2 Å². The summed E-state index contributed by atoms with van der Waals surface area (Å²) in [5.41, 5.74) is 4.82. The number of aryl methyl sites for hydroxylation is 1. The first-order valence-electron chi connectivity index (χ1n) is 10.5. The van der Waals surface area contributed by atoms with Gasteiger partial charge >= 0.3 is 0 Å². The Morgan fingerprint density at radius 2 is 2.00 bits per heavy atom. The number of piperazine rings is 1. The Labute approximate surface area is 194 Å². The van der Waals surface area contributed by atoms with E-state index in [9.17, 15) is 0 Å². The van der Waals surface area contributed by atoms with E-state index in [4.69, 9.17) is 9.52 Å². The number of aromatic nitrogens is 2. The van der Waals surface area contributed by atoms with Gasteiger partial charge in [-0.3, -0.25) is 9.89 Å². The minimum absolute atomic E-state index is 0. The lowest BCUT2D eigenvalue weighted by Crippen LogP contribution is -2.52. The van der Waals surface area contributed by atoms with Gasteiger partial charge in [0.1, 0.15) is 6.26 Å². The van der Waals surface area contributed by atoms with Crippen molar-refractivity contribution in [3.05, 3.63) is 53.5 Å². The second-order valence-electron chi connectivity index (χ2n) is 7.51. The van der Waals surface area contributed by atoms with E-state index < -0.39 is 0 Å². The molecule has 0 bridgehead atoms. The summed E-state index contributed by atoms with van der Waals surface area (Å²) in [6.07, 6.45) is 2.58. The molecule has 2 N–H and O–H groups in total. The Balaban J connectivity index is 0.00000256. The van der Waals surface area contributed by atoms with Gasteiger partial charge in [0.05, 0.1) is 5.69 Å². The number of hydrogen-bond acceptors (Lipinski definition) is 4. The molecule has 8 heteroatoms. The van der Waals surface area contributed by atoms with Gasteiger partial charge in [0.15, 0.2) is 5.96 Å². The molecule has 0 spiro atoms. The van der Waals surface area contributed by atoms with Crippen molar-refractivity contribution in [1.29, 1.82) is 0 Å². The van der Waals surface area contributed by atoms with E-state index in [-0.39, 0.29) is 24.0 Å². The zero-order valence-electron chi connectivity index (χ0n) is 17.7. The second kappa shape index (κ2) is 10.8. The molecule has 0 radical (unpaired) electrons. The SMILES string of the molecule is CCNC(=NCCc1c(C)[nH]c2ccccc12)N1CCN(Cc2ccon2)CC1.I. The van der Waals surface area contributed by atoms with Gasteiger partial charge < -0.3 is 19.7 Å². The quantitative estimate of drug-likeness (QED) is 0.295. The van der Waals surface area contributed by atoms with Crippen LogP contribution in [0, 0.1) is 6.92 Å². The van der Waals surface area contributed by atoms with Crippen molar-refractivity contribution in [3.63, 3.8) is 0 Å². The van der Waals surface area contributed by atoms with Crippen LogP contribution in [0.3, 0.4) is 0 Å². The van der Waals surface area contributed by atoms with Crippen molar-refractivity contribution < 1.29 is 4.52 Å². The van der Waals surface area contributed by atoms with Gasteiger partial charge in [-0.1, -0.05) is 23.4 Å². The maximum absolute atomic E-state index is 4.94. The zero-order chi connectivity index (χ0) is 20.1. The fourth-order valence-electron chi connectivity index (χ4n) is 4.02. The molecule has 0 aliphatic carbocycles. The first-order chi connectivity index (χ1) is 14.2. The molecule has 1 saturated heterocycles. The molecule has 4 rings (SSSR count). The number of benzene rings is 1. The summed E-state index contributed by atoms with van der Waals surface area (Å²) in [6, 6.07) is 10.4. The maximum atomic E-state index is 4.94. The first kappa shape index (κ1) is 22.6. The minimum Gasteiger partial charge on any atom is -0.364 e. The number of H-pyrrole nitrogens is 1. The molecule has 0 unspecified atom stereocenters. The number of fused-ring (bicyclic) bond motifs is 1. The summed E-state index contributed by atoms with van der Waals surface area (Å²) in [6.45, 7) is 10.7. The number of para-hydroxylation sites is 1. The highest BCUT2D eigenvalue weighted by Crippen LogP contribution is 2.22. The summed E-state index contributed by atoms with van der Waals surface area (Å²) < 4.78 is 4.94. The fraction of sp³-hybridized carbons (Fsp3) is 0.455. The number of halogens is 1. The van der Waals surface area contributed by atoms with Crippen LogP contribution in [0.4, 0.5) is 0 Å². The Kier molecular flexibility index (Phi) is 8.15. The van der Waals surface area contributed by atoms with Crippen LogP contribution in [-0.2, 0) is 13.0 Å². The maximum Gasteiger partial charge on any atom is 0.194 e. The van der Waals surface area contributed by atoms with E-state index in [1.807, 2.05) is 6.07 Å². The number of guanidine groups is 1. The average molecular weight is 522 g/mol. The van der Waals surface area contributed by atoms with Gasteiger partial charge in [0.2, 0.25) is 0 Å². The summed E-state index contributed by atoms with van der Waals surface area (Å²) in [5, 5.41) is 8.80. The van der Waals surface area contributed by atoms with E-state index in [0.717, 1.165) is 63.9 Å². The summed E-state index contributed by atoms with van der Waals surface area (Å²) >= 11 is 0. The Morgan fingerprint density at radius 3 is 2.73 bits per heavy atom. The van der Waals surface area contributed by atoms with Crippen molar-refractivity contribution in [1.82, 2.24) is 25.3 Å². The van der Waals surface area contributed by atoms with Crippen molar-refractivity contribution >= 4 is 40.8 Å². The lowest BCUT2D eigenvalue weighted by molar-refractivity contribution is 0.169. The van der Waals surface area contributed by atoms with E-state index in [1.54, 1.807) is 6.26 Å². The molecule has 1 aliphatic rings. The molecule has 1 aromatic carbocycles. The zero-order valence-corrected chi connectivity index (χ0v) is 20.1. The van der Waals surface area contributed by atoms with Gasteiger partial charge in [-0.05, 0) is 31.9 Å². The van der Waals surface area contributed by atoms with Gasteiger partial charge in [-0.25, -0.2) is 0 Å². The summed E-state index contributed by atoms with van der Waals surface area (Å²) in [4.78, 5) is 13.2. The highest BCUT2D eigenvalue weighted by atomic mass is 127. The third kappa shape index (κ3) is 5.34. The Morgan fingerprint density at radius 1 is 1.20 bits per heavy atom. The largest absolute Gasteiger partial charge is 0.364 e. The molecule has 3 aromatic rings. The molecule has 162 valence electrons. The van der Waals surface area contributed by atoms with Crippen molar-refractivity contribution in [2.45, 2.75) is 26.8 Å². The molecule has 0 saturated carbocycles. The molecular weight excluding hydrogens is 491 g/mol. The van der Waals surface area contributed by atoms with Crippen LogP contribution in [-0.4, -0.2) is 65.2 Å². The van der Waals surface area contributed by atoms with Crippen molar-refractivity contribution in [2.75, 3.05) is 39.3 Å². The van der Waals surface area contributed by atoms with Crippen LogP contribution >= 0.6 is 24.0 Å². The summed E-state index contributed by atoms with van der Waals surface area (Å²) in [5.74, 6) is 1.02. The van der Waals surface area contributed by atoms with Gasteiger partial charge in [0.25, 0.3) is 0 Å². The molecular formula is C22H31IN6O. The molecule has 0 amide bonds. The predicted octanol–water partition coefficient (Wildman–Crippen LogP) is 3.41. The van der Waals surface area contributed by atoms with E-state index >= 15 is 0 Å². The standard InChI is InChI=1S/C22H30N6O.HI/c1-3-23-22(28-13-11-27(12-14-28)16-18-9-15-29-26-18)24-10-8-19-17(2)25-21-7-5-4-6-20(19)21;/h4-7,9,15,25H,3,8,10-14,16H2,1-2H3,(H,23,24);1H. The monoisotopic (exact) mass is 522 g/mol. The van der Waals surface area contributed by atoms with Crippen LogP contribution in [0.5, 0.6) is 0 Å². The Bertz CT molecular complexity index is 944. The molecule has 2 aromatic heterocycles. The number of nitrogens with one attached hydrogen (secondary N) is 2. The number of aliphatic imine (C=N–C) groups is 1. The van der Waals surface area contributed by atoms with Gasteiger partial charge in [-0.2, -0.15) is 0 Å². The first-order valence-corrected chi connectivity index (χ1v) is 10.5. The smallest absolute Gasteiger partial charge is 0.194 e. The van der Waals surface area contributed by atoms with Crippen LogP contribution < -0.4 is 5.32 Å². The molecule has 7 nitrogen and oxygen atoms in total. The number of aromatic amines is 1. The lowest BCUT2D eigenvalue weighted by Gasteiger charge is -2.36. The topological polar surface area (TPSA) is 72.7 Å². The molecule has 1 aliphatic heterocycles. The molecule has 0 atom stereocenters. The molecule has 30 heavy (non-hydrogen) atoms. The number of nitrogens with zero attached hydrogens (tertiary/aromatic N) is 4. The third-order valence-corrected chi connectivity index (χ3v) is 5.53. The fourth-order valence-corrected chi connectivity index (χ4v) is 4.02. The minimum atomic E-state index is 0. The van der Waals surface area contributed by atoms with Crippen LogP contribution in [0.1, 0.15) is 23.9 Å². The van der Waals surface area contributed by atoms with Gasteiger partial charge in [-0.15, -0.1) is 24.0 Å². The van der Waals surface area contributed by atoms with Crippen LogP contribution in [0.2, 0.25) is 0 Å². The van der Waals surface area contributed by atoms with Crippen LogP contribution in [0.15, 0.2) is 46.1 Å². The predicted molar refractivity (Wildman–Crippen MR) is 131 cm³/mol. The third-order valence-electron chi connectivity index (χ3n) is 5.53. The van der Waals surface area contributed by atoms with Crippen LogP contribution in [0.25, 0.3) is 10.9 Å². The highest BCUT2D eigenvalue weighted by Gasteiger charge is 2.20. The summed E-state index contributed by atoms with van der Waals surface area (Å²) in [7, 11) is 0. The second-order valence-corrected chi connectivity index (χ2v) is 7.51. The molecule has 1 fully saturated rings. The average Bonchev–Trinajstić information content (AvgIpc) is 3.35. The van der Waals surface area contributed by atoms with Gasteiger partial charge in [0, 0.05) is 68.5 Å². The Hall–Kier alpha value is -2.07. The van der Waals surface area contributed by atoms with Crippen molar-refractivity contribution in [3.8, 4) is 0 Å². The van der Waals surface area contributed by atoms with Crippen molar-refractivity contribution in [2.24, 2.45) is 4.99 Å². The van der Waals surface area contributed by atoms with E-state index in [2.05, 4.69) is 63.4 Å². The number of hydrogen-bond donors (Lipinski definition) is 2. The molecule has 3 heterocycles. The van der Waals surface area contributed by atoms with E-state index in [0.29, 0.717) is 0 Å². The number of rotatable bonds is 6. The highest BCUT2D eigenvalue weighted by molar-refractivity contribution is 14.0. The normalized spacial score (nSPS) is 15.4.